The van der Waals surface area contributed by atoms with Crippen molar-refractivity contribution >= 4 is 22.4 Å². The van der Waals surface area contributed by atoms with Crippen molar-refractivity contribution in [3.05, 3.63) is 52.9 Å². The minimum atomic E-state index is -0.948. The van der Waals surface area contributed by atoms with E-state index in [4.69, 9.17) is 14.2 Å². The highest BCUT2D eigenvalue weighted by Crippen LogP contribution is 2.38. The zero-order valence-electron chi connectivity index (χ0n) is 16.6. The second-order valence-electron chi connectivity index (χ2n) is 6.25. The summed E-state index contributed by atoms with van der Waals surface area (Å²) in [5.41, 5.74) is 1.74. The third-order valence-corrected chi connectivity index (χ3v) is 5.09. The van der Waals surface area contributed by atoms with Crippen LogP contribution in [0.25, 0.3) is 11.3 Å². The number of nitrogens with zero attached hydrogens (tertiary/aromatic N) is 1. The molecule has 0 aliphatic heterocycles. The number of anilines is 1. The van der Waals surface area contributed by atoms with E-state index in [1.54, 1.807) is 17.5 Å². The summed E-state index contributed by atoms with van der Waals surface area (Å²) in [5, 5.41) is 4.77. The van der Waals surface area contributed by atoms with Crippen LogP contribution in [0.1, 0.15) is 12.0 Å². The molecule has 0 aliphatic carbocycles. The molecule has 6 nitrogen and oxygen atoms in total. The molecule has 0 fully saturated rings. The monoisotopic (exact) mass is 434 g/mol. The summed E-state index contributed by atoms with van der Waals surface area (Å²) < 4.78 is 42.4. The van der Waals surface area contributed by atoms with E-state index in [-0.39, 0.29) is 12.3 Å². The van der Waals surface area contributed by atoms with Crippen molar-refractivity contribution in [2.75, 3.05) is 26.6 Å². The summed E-state index contributed by atoms with van der Waals surface area (Å²) in [4.78, 5) is 16.6. The molecule has 0 aliphatic rings. The second-order valence-corrected chi connectivity index (χ2v) is 7.11. The lowest BCUT2D eigenvalue weighted by Crippen LogP contribution is -2.12. The maximum atomic E-state index is 13.4. The minimum Gasteiger partial charge on any atom is -0.493 e. The van der Waals surface area contributed by atoms with Crippen molar-refractivity contribution in [2.24, 2.45) is 0 Å². The van der Waals surface area contributed by atoms with E-state index in [1.807, 2.05) is 0 Å². The maximum absolute atomic E-state index is 13.4. The van der Waals surface area contributed by atoms with Gasteiger partial charge in [-0.1, -0.05) is 0 Å². The first-order valence-corrected chi connectivity index (χ1v) is 9.82. The van der Waals surface area contributed by atoms with Gasteiger partial charge in [0.25, 0.3) is 0 Å². The number of carbonyl (C=O) groups is 1. The molecule has 0 radical (unpaired) electrons. The average molecular weight is 434 g/mol. The number of halogens is 2. The fourth-order valence-corrected chi connectivity index (χ4v) is 3.57. The standard InChI is InChI=1S/C21H20F2N2O4S/c1-27-17-8-12(9-18(28-2)20(17)29-3)4-7-19(26)25-21-24-16(11-30-21)13-5-6-14(22)15(23)10-13/h5-6,8-11H,4,7H2,1-3H3,(H,24,25,26). The van der Waals surface area contributed by atoms with Gasteiger partial charge in [0.05, 0.1) is 27.0 Å². The zero-order valence-corrected chi connectivity index (χ0v) is 17.4. The van der Waals surface area contributed by atoms with Gasteiger partial charge in [-0.15, -0.1) is 11.3 Å². The molecular weight excluding hydrogens is 414 g/mol. The molecule has 3 aromatic rings. The van der Waals surface area contributed by atoms with E-state index in [0.717, 1.165) is 17.7 Å². The van der Waals surface area contributed by atoms with Crippen LogP contribution >= 0.6 is 11.3 Å². The number of aryl methyl sites for hydroxylation is 1. The predicted molar refractivity (Wildman–Crippen MR) is 111 cm³/mol. The molecule has 30 heavy (non-hydrogen) atoms. The summed E-state index contributed by atoms with van der Waals surface area (Å²) in [6.45, 7) is 0. The van der Waals surface area contributed by atoms with Gasteiger partial charge >= 0.3 is 0 Å². The maximum Gasteiger partial charge on any atom is 0.226 e. The molecule has 3 rings (SSSR count). The van der Waals surface area contributed by atoms with Crippen molar-refractivity contribution in [3.63, 3.8) is 0 Å². The molecule has 1 aromatic heterocycles. The average Bonchev–Trinajstić information content (AvgIpc) is 3.21. The summed E-state index contributed by atoms with van der Waals surface area (Å²) in [6.07, 6.45) is 0.655. The van der Waals surface area contributed by atoms with Gasteiger partial charge in [-0.3, -0.25) is 4.79 Å². The summed E-state index contributed by atoms with van der Waals surface area (Å²) in [5.74, 6) is -0.576. The van der Waals surface area contributed by atoms with Crippen LogP contribution < -0.4 is 19.5 Å². The number of methoxy groups -OCH3 is 3. The van der Waals surface area contributed by atoms with Crippen LogP contribution in [-0.4, -0.2) is 32.2 Å². The smallest absolute Gasteiger partial charge is 0.226 e. The number of thiazole rings is 1. The van der Waals surface area contributed by atoms with Gasteiger partial charge in [0.1, 0.15) is 0 Å². The van der Waals surface area contributed by atoms with Crippen molar-refractivity contribution in [3.8, 4) is 28.5 Å². The molecule has 1 amide bonds. The molecule has 158 valence electrons. The first-order chi connectivity index (χ1) is 14.4. The SMILES string of the molecule is COc1cc(CCC(=O)Nc2nc(-c3ccc(F)c(F)c3)cs2)cc(OC)c1OC. The summed E-state index contributed by atoms with van der Waals surface area (Å²) >= 11 is 1.21. The van der Waals surface area contributed by atoms with Gasteiger partial charge in [0, 0.05) is 17.4 Å². The van der Waals surface area contributed by atoms with E-state index >= 15 is 0 Å². The summed E-state index contributed by atoms with van der Waals surface area (Å²) in [6, 6.07) is 7.13. The number of rotatable bonds is 8. The number of aromatic nitrogens is 1. The normalized spacial score (nSPS) is 10.6. The minimum absolute atomic E-state index is 0.207. The van der Waals surface area contributed by atoms with E-state index in [0.29, 0.717) is 40.1 Å². The molecule has 0 spiro atoms. The van der Waals surface area contributed by atoms with Gasteiger partial charge in [-0.2, -0.15) is 0 Å². The van der Waals surface area contributed by atoms with Gasteiger partial charge in [0.15, 0.2) is 28.3 Å². The van der Waals surface area contributed by atoms with Crippen LogP contribution in [0.5, 0.6) is 17.2 Å². The van der Waals surface area contributed by atoms with Crippen molar-refractivity contribution in [1.29, 1.82) is 0 Å². The van der Waals surface area contributed by atoms with Crippen molar-refractivity contribution < 1.29 is 27.8 Å². The van der Waals surface area contributed by atoms with Crippen LogP contribution in [0, 0.1) is 11.6 Å². The fourth-order valence-electron chi connectivity index (χ4n) is 2.84. The quantitative estimate of drug-likeness (QED) is 0.557. The fraction of sp³-hybridized carbons (Fsp3) is 0.238. The van der Waals surface area contributed by atoms with Crippen LogP contribution in [-0.2, 0) is 11.2 Å². The first-order valence-electron chi connectivity index (χ1n) is 8.94. The number of nitrogens with one attached hydrogen (secondary N) is 1. The number of benzene rings is 2. The topological polar surface area (TPSA) is 69.7 Å². The molecule has 0 saturated heterocycles. The third-order valence-electron chi connectivity index (χ3n) is 4.33. The van der Waals surface area contributed by atoms with Gasteiger partial charge in [-0.05, 0) is 42.3 Å². The van der Waals surface area contributed by atoms with Crippen LogP contribution in [0.15, 0.2) is 35.7 Å². The van der Waals surface area contributed by atoms with Gasteiger partial charge < -0.3 is 19.5 Å². The molecule has 0 unspecified atom stereocenters. The Morgan fingerprint density at radius 1 is 1.03 bits per heavy atom. The van der Waals surface area contributed by atoms with Gasteiger partial charge in [-0.25, -0.2) is 13.8 Å². The highest BCUT2D eigenvalue weighted by molar-refractivity contribution is 7.14. The molecule has 0 bridgehead atoms. The first kappa shape index (κ1) is 21.5. The van der Waals surface area contributed by atoms with E-state index < -0.39 is 11.6 Å². The Morgan fingerprint density at radius 2 is 1.73 bits per heavy atom. The number of carbonyl (C=O) groups excluding carboxylic acids is 1. The Labute approximate surface area is 176 Å². The van der Waals surface area contributed by atoms with Crippen LogP contribution in [0.3, 0.4) is 0 Å². The Kier molecular flexibility index (Phi) is 6.83. The van der Waals surface area contributed by atoms with E-state index in [9.17, 15) is 13.6 Å². The molecule has 0 saturated carbocycles. The third kappa shape index (κ3) is 4.85. The lowest BCUT2D eigenvalue weighted by molar-refractivity contribution is -0.116. The zero-order chi connectivity index (χ0) is 21.7. The number of hydrogen-bond acceptors (Lipinski definition) is 6. The van der Waals surface area contributed by atoms with Crippen LogP contribution in [0.4, 0.5) is 13.9 Å². The van der Waals surface area contributed by atoms with Crippen LogP contribution in [0.2, 0.25) is 0 Å². The van der Waals surface area contributed by atoms with Crippen molar-refractivity contribution in [2.45, 2.75) is 12.8 Å². The highest BCUT2D eigenvalue weighted by atomic mass is 32.1. The number of hydrogen-bond donors (Lipinski definition) is 1. The molecule has 1 N–H and O–H groups in total. The second kappa shape index (κ2) is 9.53. The Hall–Kier alpha value is -3.20. The summed E-state index contributed by atoms with van der Waals surface area (Å²) in [7, 11) is 4.58. The molecular formula is C21H20F2N2O4S. The molecule has 0 atom stereocenters. The Morgan fingerprint density at radius 3 is 2.33 bits per heavy atom. The molecule has 9 heteroatoms. The Bertz CT molecular complexity index is 1030. The van der Waals surface area contributed by atoms with E-state index in [1.165, 1.54) is 38.7 Å². The van der Waals surface area contributed by atoms with Crippen molar-refractivity contribution in [1.82, 2.24) is 4.98 Å². The van der Waals surface area contributed by atoms with E-state index in [2.05, 4.69) is 10.3 Å². The van der Waals surface area contributed by atoms with Gasteiger partial charge in [0.2, 0.25) is 11.7 Å². The number of ether oxygens (including phenoxy) is 3. The highest BCUT2D eigenvalue weighted by Gasteiger charge is 2.15. The predicted octanol–water partition coefficient (Wildman–Crippen LogP) is 4.69. The lowest BCUT2D eigenvalue weighted by Gasteiger charge is -2.14. The molecule has 2 aromatic carbocycles. The largest absolute Gasteiger partial charge is 0.493 e. The molecule has 1 heterocycles. The lowest BCUT2D eigenvalue weighted by atomic mass is 10.1. The number of amides is 1. The Balaban J connectivity index is 1.64.